The molecular weight excluding hydrogens is 330 g/mol. The van der Waals surface area contributed by atoms with E-state index in [2.05, 4.69) is 15.3 Å². The number of aromatic nitrogens is 3. The van der Waals surface area contributed by atoms with Gasteiger partial charge in [-0.15, -0.1) is 4.68 Å². The largest absolute Gasteiger partial charge is 0.856 e. The molecule has 0 aliphatic carbocycles. The highest BCUT2D eigenvalue weighted by Gasteiger charge is 2.21. The molecule has 0 atom stereocenters. The number of aromatic amines is 1. The molecule has 3 aromatic rings. The summed E-state index contributed by atoms with van der Waals surface area (Å²) in [5.74, 6) is -0.591. The van der Waals surface area contributed by atoms with Gasteiger partial charge in [-0.1, -0.05) is 70.5 Å². The third kappa shape index (κ3) is 3.77. The second-order valence-electron chi connectivity index (χ2n) is 5.82. The zero-order valence-electron chi connectivity index (χ0n) is 14.6. The molecule has 7 nitrogen and oxygen atoms in total. The maximum atomic E-state index is 12.6. The lowest BCUT2D eigenvalue weighted by molar-refractivity contribution is -0.750. The van der Waals surface area contributed by atoms with Gasteiger partial charge in [0.05, 0.1) is 6.21 Å². The van der Waals surface area contributed by atoms with Crippen LogP contribution in [0.3, 0.4) is 0 Å². The highest BCUT2D eigenvalue weighted by Crippen LogP contribution is 2.00. The number of rotatable bonds is 5. The molecule has 1 heterocycles. The summed E-state index contributed by atoms with van der Waals surface area (Å²) in [4.78, 5) is 17.2. The summed E-state index contributed by atoms with van der Waals surface area (Å²) in [5, 5.41) is 19.1. The van der Waals surface area contributed by atoms with Crippen molar-refractivity contribution in [2.45, 2.75) is 13.5 Å². The van der Waals surface area contributed by atoms with Gasteiger partial charge in [-0.05, 0) is 18.1 Å². The Morgan fingerprint density at radius 2 is 1.88 bits per heavy atom. The van der Waals surface area contributed by atoms with E-state index in [-0.39, 0.29) is 5.69 Å². The molecule has 1 aromatic heterocycles. The molecule has 0 spiro atoms. The average molecular weight is 349 g/mol. The Hall–Kier alpha value is -3.48. The molecule has 0 unspecified atom stereocenters. The molecule has 26 heavy (non-hydrogen) atoms. The topological polar surface area (TPSA) is 89.4 Å². The Labute approximate surface area is 150 Å². The number of aliphatic imine (C=N–C) groups is 1. The summed E-state index contributed by atoms with van der Waals surface area (Å²) < 4.78 is 1.46. The number of hydrogen-bond donors (Lipinski definition) is 1. The summed E-state index contributed by atoms with van der Waals surface area (Å²) in [6.45, 7) is 2.33. The molecular formula is C19H19N5O2. The lowest BCUT2D eigenvalue weighted by atomic mass is 10.2. The van der Waals surface area contributed by atoms with Crippen LogP contribution in [0.4, 0.5) is 0 Å². The SMILES string of the molecule is CN=C([O-])c1c(=O)n(/N=C/c2ccc(C)cc2)[nH][n+]1Cc1ccccc1. The molecule has 0 fully saturated rings. The van der Waals surface area contributed by atoms with Crippen LogP contribution in [-0.4, -0.2) is 29.2 Å². The highest BCUT2D eigenvalue weighted by molar-refractivity contribution is 5.86. The first-order chi connectivity index (χ1) is 12.6. The standard InChI is InChI=1S/C19H19N5O2/c1-14-8-10-15(11-9-14)12-21-24-19(26)17(18(25)20-2)23(22-24)13-16-6-4-3-5-7-16/h3-12H,13H2,1-2H3,(H-,20,22,25,26)/b21-12+. The monoisotopic (exact) mass is 349 g/mol. The van der Waals surface area contributed by atoms with Crippen molar-refractivity contribution >= 4 is 12.1 Å². The van der Waals surface area contributed by atoms with Crippen LogP contribution in [-0.2, 0) is 6.54 Å². The van der Waals surface area contributed by atoms with E-state index in [1.165, 1.54) is 11.7 Å². The van der Waals surface area contributed by atoms with Gasteiger partial charge >= 0.3 is 5.56 Å². The van der Waals surface area contributed by atoms with E-state index >= 15 is 0 Å². The van der Waals surface area contributed by atoms with E-state index in [0.717, 1.165) is 21.5 Å². The van der Waals surface area contributed by atoms with Crippen molar-refractivity contribution in [3.05, 3.63) is 87.3 Å². The normalized spacial score (nSPS) is 12.0. The van der Waals surface area contributed by atoms with E-state index in [0.29, 0.717) is 6.54 Å². The number of aryl methyl sites for hydroxylation is 1. The third-order valence-corrected chi connectivity index (χ3v) is 3.87. The maximum Gasteiger partial charge on any atom is 0.427 e. The first kappa shape index (κ1) is 17.3. The second-order valence-corrected chi connectivity index (χ2v) is 5.82. The predicted molar refractivity (Wildman–Crippen MR) is 97.4 cm³/mol. The number of nitrogens with zero attached hydrogens (tertiary/aromatic N) is 4. The average Bonchev–Trinajstić information content (AvgIpc) is 2.96. The van der Waals surface area contributed by atoms with Crippen LogP contribution in [0.1, 0.15) is 22.4 Å². The maximum absolute atomic E-state index is 12.6. The molecule has 1 N–H and O–H groups in total. The van der Waals surface area contributed by atoms with Gasteiger partial charge in [-0.25, -0.2) is 4.79 Å². The van der Waals surface area contributed by atoms with E-state index in [1.807, 2.05) is 61.5 Å². The Morgan fingerprint density at radius 1 is 1.19 bits per heavy atom. The van der Waals surface area contributed by atoms with E-state index in [9.17, 15) is 9.90 Å². The lowest BCUT2D eigenvalue weighted by Crippen LogP contribution is -2.46. The third-order valence-electron chi connectivity index (χ3n) is 3.87. The smallest absolute Gasteiger partial charge is 0.427 e. The Kier molecular flexibility index (Phi) is 5.07. The van der Waals surface area contributed by atoms with Crippen LogP contribution in [0, 0.1) is 6.92 Å². The van der Waals surface area contributed by atoms with Crippen LogP contribution in [0.25, 0.3) is 0 Å². The summed E-state index contributed by atoms with van der Waals surface area (Å²) >= 11 is 0. The molecule has 0 radical (unpaired) electrons. The highest BCUT2D eigenvalue weighted by atomic mass is 16.3. The van der Waals surface area contributed by atoms with Crippen LogP contribution in [0.2, 0.25) is 0 Å². The van der Waals surface area contributed by atoms with Crippen molar-refractivity contribution in [3.63, 3.8) is 0 Å². The van der Waals surface area contributed by atoms with Crippen LogP contribution >= 0.6 is 0 Å². The first-order valence-electron chi connectivity index (χ1n) is 8.12. The molecule has 132 valence electrons. The van der Waals surface area contributed by atoms with Crippen molar-refractivity contribution in [1.29, 1.82) is 0 Å². The first-order valence-corrected chi connectivity index (χ1v) is 8.12. The summed E-state index contributed by atoms with van der Waals surface area (Å²) in [6.07, 6.45) is 1.56. The molecule has 2 aromatic carbocycles. The minimum absolute atomic E-state index is 0.0580. The number of hydrogen-bond acceptors (Lipinski definition) is 4. The Bertz CT molecular complexity index is 999. The molecule has 0 amide bonds. The van der Waals surface area contributed by atoms with Crippen LogP contribution < -0.4 is 15.3 Å². The predicted octanol–water partition coefficient (Wildman–Crippen LogP) is 0.440. The molecule has 7 heteroatoms. The van der Waals surface area contributed by atoms with Crippen molar-refractivity contribution in [2.75, 3.05) is 7.05 Å². The quantitative estimate of drug-likeness (QED) is 0.411. The van der Waals surface area contributed by atoms with Crippen LogP contribution in [0.15, 0.2) is 69.5 Å². The fraction of sp³-hybridized carbons (Fsp3) is 0.158. The number of benzene rings is 2. The summed E-state index contributed by atoms with van der Waals surface area (Å²) in [6, 6.07) is 17.2. The van der Waals surface area contributed by atoms with E-state index in [4.69, 9.17) is 0 Å². The van der Waals surface area contributed by atoms with Gasteiger partial charge in [-0.2, -0.15) is 0 Å². The summed E-state index contributed by atoms with van der Waals surface area (Å²) in [5.41, 5.74) is 2.33. The van der Waals surface area contributed by atoms with Gasteiger partial charge in [0, 0.05) is 17.7 Å². The molecule has 3 rings (SSSR count). The van der Waals surface area contributed by atoms with Crippen molar-refractivity contribution < 1.29 is 9.79 Å². The van der Waals surface area contributed by atoms with Crippen molar-refractivity contribution in [1.82, 2.24) is 10.0 Å². The van der Waals surface area contributed by atoms with Gasteiger partial charge in [0.25, 0.3) is 5.69 Å². The van der Waals surface area contributed by atoms with Crippen molar-refractivity contribution in [3.8, 4) is 0 Å². The van der Waals surface area contributed by atoms with Crippen molar-refractivity contribution in [2.24, 2.45) is 10.1 Å². The molecule has 0 saturated carbocycles. The fourth-order valence-corrected chi connectivity index (χ4v) is 2.47. The minimum Gasteiger partial charge on any atom is -0.856 e. The molecule has 0 bridgehead atoms. The second kappa shape index (κ2) is 7.60. The van der Waals surface area contributed by atoms with Gasteiger partial charge < -0.3 is 5.11 Å². The van der Waals surface area contributed by atoms with Gasteiger partial charge in [0.1, 0.15) is 6.54 Å². The van der Waals surface area contributed by atoms with Gasteiger partial charge in [0.15, 0.2) is 0 Å². The fourth-order valence-electron chi connectivity index (χ4n) is 2.47. The Balaban J connectivity index is 1.98. The number of nitrogens with one attached hydrogen (secondary N) is 1. The lowest BCUT2D eigenvalue weighted by Gasteiger charge is -2.05. The van der Waals surface area contributed by atoms with E-state index in [1.54, 1.807) is 6.21 Å². The minimum atomic E-state index is -0.591. The molecule has 0 saturated heterocycles. The van der Waals surface area contributed by atoms with E-state index < -0.39 is 11.5 Å². The number of H-pyrrole nitrogens is 1. The Morgan fingerprint density at radius 3 is 2.54 bits per heavy atom. The molecule has 0 aliphatic heterocycles. The molecule has 0 aliphatic rings. The van der Waals surface area contributed by atoms with Gasteiger partial charge in [0.2, 0.25) is 0 Å². The zero-order valence-corrected chi connectivity index (χ0v) is 14.6. The van der Waals surface area contributed by atoms with Crippen LogP contribution in [0.5, 0.6) is 0 Å². The van der Waals surface area contributed by atoms with Gasteiger partial charge in [-0.3, -0.25) is 4.99 Å². The zero-order chi connectivity index (χ0) is 18.5. The summed E-state index contributed by atoms with van der Waals surface area (Å²) in [7, 11) is 1.36.